The summed E-state index contributed by atoms with van der Waals surface area (Å²) in [5.41, 5.74) is 7.69. The number of anilines is 1. The third-order valence-corrected chi connectivity index (χ3v) is 8.06. The molecule has 3 N–H and O–H groups in total. The number of benzene rings is 2. The van der Waals surface area contributed by atoms with Crippen molar-refractivity contribution >= 4 is 33.5 Å². The van der Waals surface area contributed by atoms with E-state index in [1.165, 1.54) is 31.4 Å². The Morgan fingerprint density at radius 3 is 2.59 bits per heavy atom. The summed E-state index contributed by atoms with van der Waals surface area (Å²) in [6, 6.07) is 18.5. The van der Waals surface area contributed by atoms with Crippen molar-refractivity contribution in [1.29, 1.82) is 0 Å². The number of nitrogens with zero attached hydrogens (tertiary/aromatic N) is 3. The quantitative estimate of drug-likeness (QED) is 0.199. The molecule has 1 saturated carbocycles. The molecule has 2 aromatic carbocycles. The summed E-state index contributed by atoms with van der Waals surface area (Å²) in [6.45, 7) is 0. The molecule has 4 heterocycles. The predicted molar refractivity (Wildman–Crippen MR) is 160 cm³/mol. The van der Waals surface area contributed by atoms with Gasteiger partial charge in [0.2, 0.25) is 5.91 Å². The van der Waals surface area contributed by atoms with Gasteiger partial charge in [-0.15, -0.1) is 0 Å². The maximum absolute atomic E-state index is 13.5. The van der Waals surface area contributed by atoms with Gasteiger partial charge in [0.1, 0.15) is 17.2 Å². The average Bonchev–Trinajstić information content (AvgIpc) is 3.62. The first-order valence-corrected chi connectivity index (χ1v) is 14.1. The van der Waals surface area contributed by atoms with Crippen LogP contribution in [0.15, 0.2) is 79.3 Å². The normalized spacial score (nSPS) is 14.1. The minimum atomic E-state index is -0.268. The summed E-state index contributed by atoms with van der Waals surface area (Å²) in [6.07, 6.45) is 11.8. The van der Waals surface area contributed by atoms with Crippen LogP contribution >= 0.6 is 0 Å². The summed E-state index contributed by atoms with van der Waals surface area (Å²) >= 11 is 0. The Hall–Kier alpha value is -4.85. The maximum Gasteiger partial charge on any atom is 0.224 e. The van der Waals surface area contributed by atoms with E-state index in [1.54, 1.807) is 30.7 Å². The van der Waals surface area contributed by atoms with Crippen molar-refractivity contribution in [2.75, 3.05) is 5.32 Å². The van der Waals surface area contributed by atoms with Crippen LogP contribution in [0, 0.1) is 11.7 Å². The second-order valence-electron chi connectivity index (χ2n) is 10.9. The number of fused-ring (bicyclic) bond motifs is 2. The first-order valence-electron chi connectivity index (χ1n) is 14.1. The second-order valence-corrected chi connectivity index (χ2v) is 10.9. The fourth-order valence-corrected chi connectivity index (χ4v) is 5.97. The lowest BCUT2D eigenvalue weighted by atomic mass is 9.87. The van der Waals surface area contributed by atoms with Crippen LogP contribution < -0.4 is 5.32 Å². The van der Waals surface area contributed by atoms with Crippen molar-refractivity contribution in [3.63, 3.8) is 0 Å². The lowest BCUT2D eigenvalue weighted by Crippen LogP contribution is -2.18. The first kappa shape index (κ1) is 25.1. The monoisotopic (exact) mass is 544 g/mol. The standard InChI is InChI=1S/C33H29FN6O/c34-24-9-6-21(7-10-24)26-12-13-36-33-27(26)17-30(38-33)32-28-16-22(8-11-29(28)39-40-32)23-15-25(19-35-18-23)37-31(41)14-20-4-2-1-3-5-20/h6-13,15-20H,1-5,14H2,(H,36,38)(H,37,41)(H,39,40). The van der Waals surface area contributed by atoms with E-state index in [0.717, 1.165) is 68.4 Å². The zero-order chi connectivity index (χ0) is 27.8. The van der Waals surface area contributed by atoms with Gasteiger partial charge in [-0.2, -0.15) is 5.10 Å². The highest BCUT2D eigenvalue weighted by Gasteiger charge is 2.18. The minimum absolute atomic E-state index is 0.0517. The molecule has 7 nitrogen and oxygen atoms in total. The summed E-state index contributed by atoms with van der Waals surface area (Å²) in [4.78, 5) is 25.0. The highest BCUT2D eigenvalue weighted by Crippen LogP contribution is 2.35. The minimum Gasteiger partial charge on any atom is -0.338 e. The Morgan fingerprint density at radius 2 is 1.73 bits per heavy atom. The van der Waals surface area contributed by atoms with Gasteiger partial charge in [0.15, 0.2) is 0 Å². The van der Waals surface area contributed by atoms with E-state index in [4.69, 9.17) is 0 Å². The van der Waals surface area contributed by atoms with E-state index in [1.807, 2.05) is 30.3 Å². The van der Waals surface area contributed by atoms with Crippen LogP contribution in [0.25, 0.3) is 55.6 Å². The van der Waals surface area contributed by atoms with E-state index in [0.29, 0.717) is 18.0 Å². The zero-order valence-electron chi connectivity index (χ0n) is 22.5. The molecule has 6 aromatic rings. The van der Waals surface area contributed by atoms with Crippen LogP contribution in [-0.4, -0.2) is 31.1 Å². The van der Waals surface area contributed by atoms with E-state index in [2.05, 4.69) is 36.5 Å². The molecule has 0 unspecified atom stereocenters. The van der Waals surface area contributed by atoms with Crippen LogP contribution in [-0.2, 0) is 4.79 Å². The Kier molecular flexibility index (Phi) is 6.51. The lowest BCUT2D eigenvalue weighted by molar-refractivity contribution is -0.117. The molecule has 0 bridgehead atoms. The molecule has 0 atom stereocenters. The van der Waals surface area contributed by atoms with Gasteiger partial charge in [0.25, 0.3) is 0 Å². The van der Waals surface area contributed by atoms with E-state index < -0.39 is 0 Å². The molecule has 8 heteroatoms. The third kappa shape index (κ3) is 5.09. The number of hydrogen-bond acceptors (Lipinski definition) is 4. The van der Waals surface area contributed by atoms with Crippen LogP contribution in [0.3, 0.4) is 0 Å². The van der Waals surface area contributed by atoms with Crippen molar-refractivity contribution in [2.45, 2.75) is 38.5 Å². The lowest BCUT2D eigenvalue weighted by Gasteiger charge is -2.20. The van der Waals surface area contributed by atoms with Gasteiger partial charge in [-0.1, -0.05) is 37.5 Å². The highest BCUT2D eigenvalue weighted by molar-refractivity contribution is 6.01. The molecule has 204 valence electrons. The van der Waals surface area contributed by atoms with Gasteiger partial charge < -0.3 is 10.3 Å². The SMILES string of the molecule is O=C(CC1CCCCC1)Nc1cncc(-c2ccc3[nH]nc(-c4cc5c(-c6ccc(F)cc6)ccnc5[nH]4)c3c2)c1. The fourth-order valence-electron chi connectivity index (χ4n) is 5.97. The van der Waals surface area contributed by atoms with Gasteiger partial charge in [0.05, 0.1) is 23.1 Å². The van der Waals surface area contributed by atoms with Gasteiger partial charge in [-0.3, -0.25) is 14.9 Å². The van der Waals surface area contributed by atoms with E-state index >= 15 is 0 Å². The van der Waals surface area contributed by atoms with Crippen molar-refractivity contribution in [3.05, 3.63) is 85.1 Å². The number of amides is 1. The second kappa shape index (κ2) is 10.6. The Bertz CT molecular complexity index is 1870. The molecule has 0 saturated heterocycles. The van der Waals surface area contributed by atoms with Crippen molar-refractivity contribution in [2.24, 2.45) is 5.92 Å². The Morgan fingerprint density at radius 1 is 0.902 bits per heavy atom. The largest absolute Gasteiger partial charge is 0.338 e. The van der Waals surface area contributed by atoms with Crippen molar-refractivity contribution < 1.29 is 9.18 Å². The molecule has 41 heavy (non-hydrogen) atoms. The number of carbonyl (C=O) groups excluding carboxylic acids is 1. The Labute approximate surface area is 236 Å². The smallest absolute Gasteiger partial charge is 0.224 e. The summed E-state index contributed by atoms with van der Waals surface area (Å²) in [5.74, 6) is 0.263. The molecule has 1 amide bonds. The molecule has 1 fully saturated rings. The molecule has 1 aliphatic rings. The molecular weight excluding hydrogens is 515 g/mol. The zero-order valence-corrected chi connectivity index (χ0v) is 22.5. The highest BCUT2D eigenvalue weighted by atomic mass is 19.1. The average molecular weight is 545 g/mol. The van der Waals surface area contributed by atoms with Crippen molar-refractivity contribution in [1.82, 2.24) is 25.1 Å². The van der Waals surface area contributed by atoms with Gasteiger partial charge in [-0.25, -0.2) is 9.37 Å². The number of aromatic amines is 2. The summed E-state index contributed by atoms with van der Waals surface area (Å²) in [7, 11) is 0. The van der Waals surface area contributed by atoms with E-state index in [-0.39, 0.29) is 11.7 Å². The molecule has 4 aromatic heterocycles. The number of pyridine rings is 2. The van der Waals surface area contributed by atoms with Crippen LogP contribution in [0.5, 0.6) is 0 Å². The summed E-state index contributed by atoms with van der Waals surface area (Å²) in [5, 5.41) is 12.7. The van der Waals surface area contributed by atoms with Gasteiger partial charge in [0, 0.05) is 35.2 Å². The number of halogens is 1. The molecule has 0 spiro atoms. The number of nitrogens with one attached hydrogen (secondary N) is 3. The maximum atomic E-state index is 13.5. The van der Waals surface area contributed by atoms with Crippen LogP contribution in [0.2, 0.25) is 0 Å². The topological polar surface area (TPSA) is 99.3 Å². The van der Waals surface area contributed by atoms with Crippen LogP contribution in [0.1, 0.15) is 38.5 Å². The first-order chi connectivity index (χ1) is 20.1. The predicted octanol–water partition coefficient (Wildman–Crippen LogP) is 7.88. The van der Waals surface area contributed by atoms with Crippen LogP contribution in [0.4, 0.5) is 10.1 Å². The summed E-state index contributed by atoms with van der Waals surface area (Å²) < 4.78 is 13.5. The third-order valence-electron chi connectivity index (χ3n) is 8.06. The number of rotatable bonds is 6. The Balaban J connectivity index is 1.19. The van der Waals surface area contributed by atoms with E-state index in [9.17, 15) is 9.18 Å². The molecular formula is C33H29FN6O. The number of hydrogen-bond donors (Lipinski definition) is 3. The molecule has 0 aliphatic heterocycles. The van der Waals surface area contributed by atoms with Gasteiger partial charge in [-0.05, 0) is 77.9 Å². The number of H-pyrrole nitrogens is 2. The number of carbonyl (C=O) groups is 1. The molecule has 7 rings (SSSR count). The molecule has 1 aliphatic carbocycles. The van der Waals surface area contributed by atoms with Crippen molar-refractivity contribution in [3.8, 4) is 33.6 Å². The fraction of sp³-hybridized carbons (Fsp3) is 0.212. The van der Waals surface area contributed by atoms with Gasteiger partial charge >= 0.3 is 0 Å². The molecule has 0 radical (unpaired) electrons. The number of aromatic nitrogens is 5.